The van der Waals surface area contributed by atoms with Gasteiger partial charge in [0.2, 0.25) is 0 Å². The Morgan fingerprint density at radius 2 is 1.57 bits per heavy atom. The second-order valence-electron chi connectivity index (χ2n) is 7.75. The average molecular weight is 340 g/mol. The Hall–Kier alpha value is -1.32. The largest absolute Gasteiger partial charge is 0.460 e. The van der Waals surface area contributed by atoms with Crippen LogP contribution in [0.4, 0.5) is 4.39 Å². The highest BCUT2D eigenvalue weighted by molar-refractivity contribution is 5.85. The molecule has 0 aliphatic heterocycles. The molecule has 23 heavy (non-hydrogen) atoms. The summed E-state index contributed by atoms with van der Waals surface area (Å²) in [7, 11) is 0. The van der Waals surface area contributed by atoms with E-state index in [2.05, 4.69) is 39.9 Å². The van der Waals surface area contributed by atoms with Gasteiger partial charge in [0, 0.05) is 11.1 Å². The smallest absolute Gasteiger partial charge is 0.134 e. The van der Waals surface area contributed by atoms with Gasteiger partial charge in [-0.1, -0.05) is 20.8 Å². The summed E-state index contributed by atoms with van der Waals surface area (Å²) >= 11 is 0. The van der Waals surface area contributed by atoms with Crippen LogP contribution in [0.5, 0.6) is 0 Å². The fourth-order valence-corrected chi connectivity index (χ4v) is 2.96. The number of rotatable bonds is 5. The standard InChI is InChI=1S/C19H26FNO.ClH/c1-18(2,3)13-19(4,5)21-12-16-10-11-17(22-16)14-6-8-15(20)9-7-14;/h6-11,21H,12-13H2,1-5H3;1H. The van der Waals surface area contributed by atoms with Crippen LogP contribution in [-0.2, 0) is 6.54 Å². The van der Waals surface area contributed by atoms with Crippen molar-refractivity contribution < 1.29 is 8.81 Å². The van der Waals surface area contributed by atoms with E-state index >= 15 is 0 Å². The van der Waals surface area contributed by atoms with Crippen molar-refractivity contribution in [1.82, 2.24) is 5.32 Å². The maximum atomic E-state index is 13.0. The summed E-state index contributed by atoms with van der Waals surface area (Å²) in [6.07, 6.45) is 1.07. The third kappa shape index (κ3) is 6.36. The van der Waals surface area contributed by atoms with E-state index in [1.807, 2.05) is 12.1 Å². The molecule has 1 aromatic carbocycles. The first kappa shape index (κ1) is 19.7. The summed E-state index contributed by atoms with van der Waals surface area (Å²) in [5.41, 5.74) is 1.21. The Bertz CT molecular complexity index is 611. The van der Waals surface area contributed by atoms with Crippen LogP contribution in [-0.4, -0.2) is 5.54 Å². The van der Waals surface area contributed by atoms with Crippen LogP contribution >= 0.6 is 12.4 Å². The minimum Gasteiger partial charge on any atom is -0.460 e. The summed E-state index contributed by atoms with van der Waals surface area (Å²) < 4.78 is 18.8. The van der Waals surface area contributed by atoms with Gasteiger partial charge < -0.3 is 9.73 Å². The zero-order chi connectivity index (χ0) is 16.4. The lowest BCUT2D eigenvalue weighted by atomic mass is 9.82. The van der Waals surface area contributed by atoms with Crippen molar-refractivity contribution in [3.63, 3.8) is 0 Å². The maximum absolute atomic E-state index is 13.0. The van der Waals surface area contributed by atoms with E-state index in [0.717, 1.165) is 23.5 Å². The van der Waals surface area contributed by atoms with E-state index in [0.29, 0.717) is 6.54 Å². The maximum Gasteiger partial charge on any atom is 0.134 e. The normalized spacial score (nSPS) is 12.1. The van der Waals surface area contributed by atoms with Crippen LogP contribution in [0.3, 0.4) is 0 Å². The van der Waals surface area contributed by atoms with Gasteiger partial charge in [0.1, 0.15) is 17.3 Å². The van der Waals surface area contributed by atoms with Crippen LogP contribution in [0.2, 0.25) is 0 Å². The molecule has 128 valence electrons. The molecule has 2 aromatic rings. The summed E-state index contributed by atoms with van der Waals surface area (Å²) in [4.78, 5) is 0. The van der Waals surface area contributed by atoms with Gasteiger partial charge in [-0.25, -0.2) is 4.39 Å². The fourth-order valence-electron chi connectivity index (χ4n) is 2.96. The quantitative estimate of drug-likeness (QED) is 0.743. The van der Waals surface area contributed by atoms with E-state index in [9.17, 15) is 4.39 Å². The fraction of sp³-hybridized carbons (Fsp3) is 0.474. The predicted octanol–water partition coefficient (Wildman–Crippen LogP) is 5.81. The van der Waals surface area contributed by atoms with Gasteiger partial charge in [-0.15, -0.1) is 12.4 Å². The molecular formula is C19H27ClFNO. The Balaban J connectivity index is 0.00000264. The second-order valence-corrected chi connectivity index (χ2v) is 7.75. The molecule has 0 saturated heterocycles. The van der Waals surface area contributed by atoms with Gasteiger partial charge in [0.15, 0.2) is 0 Å². The summed E-state index contributed by atoms with van der Waals surface area (Å²) in [5, 5.41) is 3.55. The zero-order valence-corrected chi connectivity index (χ0v) is 15.4. The molecule has 0 spiro atoms. The number of hydrogen-bond acceptors (Lipinski definition) is 2. The number of halogens is 2. The second kappa shape index (κ2) is 7.50. The first-order valence-corrected chi connectivity index (χ1v) is 7.74. The monoisotopic (exact) mass is 339 g/mol. The molecule has 0 radical (unpaired) electrons. The van der Waals surface area contributed by atoms with E-state index in [-0.39, 0.29) is 29.2 Å². The van der Waals surface area contributed by atoms with Crippen molar-refractivity contribution in [3.05, 3.63) is 48.0 Å². The van der Waals surface area contributed by atoms with E-state index in [1.54, 1.807) is 12.1 Å². The first-order chi connectivity index (χ1) is 10.1. The van der Waals surface area contributed by atoms with E-state index < -0.39 is 0 Å². The summed E-state index contributed by atoms with van der Waals surface area (Å²) in [6.45, 7) is 11.8. The molecule has 1 N–H and O–H groups in total. The molecular weight excluding hydrogens is 313 g/mol. The first-order valence-electron chi connectivity index (χ1n) is 7.74. The third-order valence-corrected chi connectivity index (χ3v) is 3.50. The Morgan fingerprint density at radius 1 is 0.957 bits per heavy atom. The molecule has 1 aromatic heterocycles. The molecule has 0 saturated carbocycles. The van der Waals surface area contributed by atoms with Crippen molar-refractivity contribution >= 4 is 12.4 Å². The van der Waals surface area contributed by atoms with Crippen LogP contribution in [0.15, 0.2) is 40.8 Å². The topological polar surface area (TPSA) is 25.2 Å². The van der Waals surface area contributed by atoms with Crippen molar-refractivity contribution in [2.24, 2.45) is 5.41 Å². The molecule has 2 rings (SSSR count). The average Bonchev–Trinajstić information content (AvgIpc) is 2.83. The van der Waals surface area contributed by atoms with Crippen LogP contribution in [0, 0.1) is 11.2 Å². The lowest BCUT2D eigenvalue weighted by Gasteiger charge is -2.33. The van der Waals surface area contributed by atoms with Gasteiger partial charge in [0.05, 0.1) is 6.54 Å². The third-order valence-electron chi connectivity index (χ3n) is 3.50. The van der Waals surface area contributed by atoms with Crippen molar-refractivity contribution in [1.29, 1.82) is 0 Å². The van der Waals surface area contributed by atoms with Crippen LogP contribution < -0.4 is 5.32 Å². The SMILES string of the molecule is CC(C)(C)CC(C)(C)NCc1ccc(-c2ccc(F)cc2)o1.Cl. The number of benzene rings is 1. The van der Waals surface area contributed by atoms with Gasteiger partial charge in [0.25, 0.3) is 0 Å². The van der Waals surface area contributed by atoms with E-state index in [1.165, 1.54) is 12.1 Å². The zero-order valence-electron chi connectivity index (χ0n) is 14.6. The number of hydrogen-bond donors (Lipinski definition) is 1. The number of furan rings is 1. The van der Waals surface area contributed by atoms with Crippen molar-refractivity contribution in [3.8, 4) is 11.3 Å². The van der Waals surface area contributed by atoms with Crippen molar-refractivity contribution in [2.75, 3.05) is 0 Å². The Labute approximate surface area is 144 Å². The van der Waals surface area contributed by atoms with Gasteiger partial charge >= 0.3 is 0 Å². The highest BCUT2D eigenvalue weighted by Crippen LogP contribution is 2.27. The molecule has 0 aliphatic rings. The van der Waals surface area contributed by atoms with Gasteiger partial charge in [-0.2, -0.15) is 0 Å². The lowest BCUT2D eigenvalue weighted by molar-refractivity contribution is 0.236. The highest BCUT2D eigenvalue weighted by Gasteiger charge is 2.25. The molecule has 0 bridgehead atoms. The summed E-state index contributed by atoms with van der Waals surface area (Å²) in [5.74, 6) is 1.42. The van der Waals surface area contributed by atoms with Gasteiger partial charge in [-0.05, 0) is 62.1 Å². The van der Waals surface area contributed by atoms with Gasteiger partial charge in [-0.3, -0.25) is 0 Å². The molecule has 0 fully saturated rings. The minimum atomic E-state index is -0.235. The van der Waals surface area contributed by atoms with Crippen LogP contribution in [0.1, 0.15) is 46.8 Å². The van der Waals surface area contributed by atoms with Crippen LogP contribution in [0.25, 0.3) is 11.3 Å². The molecule has 0 amide bonds. The molecule has 0 aliphatic carbocycles. The molecule has 0 unspecified atom stereocenters. The summed E-state index contributed by atoms with van der Waals surface area (Å²) in [6, 6.07) is 10.3. The minimum absolute atomic E-state index is 0. The number of nitrogens with one attached hydrogen (secondary N) is 1. The molecule has 1 heterocycles. The Kier molecular flexibility index (Phi) is 6.43. The van der Waals surface area contributed by atoms with Crippen molar-refractivity contribution in [2.45, 2.75) is 53.1 Å². The van der Waals surface area contributed by atoms with E-state index in [4.69, 9.17) is 4.42 Å². The lowest BCUT2D eigenvalue weighted by Crippen LogP contribution is -2.41. The Morgan fingerprint density at radius 3 is 2.13 bits per heavy atom. The molecule has 2 nitrogen and oxygen atoms in total. The highest BCUT2D eigenvalue weighted by atomic mass is 35.5. The predicted molar refractivity (Wildman–Crippen MR) is 96.3 cm³/mol. The molecule has 4 heteroatoms. The molecule has 0 atom stereocenters.